The molecule has 0 aliphatic heterocycles. The van der Waals surface area contributed by atoms with E-state index in [0.717, 1.165) is 29.4 Å². The van der Waals surface area contributed by atoms with Gasteiger partial charge in [-0.2, -0.15) is 0 Å². The molecule has 1 N–H and O–H groups in total. The highest BCUT2D eigenvalue weighted by Crippen LogP contribution is 2.37. The minimum Gasteiger partial charge on any atom is -0.384 e. The van der Waals surface area contributed by atoms with Gasteiger partial charge in [-0.25, -0.2) is 0 Å². The minimum absolute atomic E-state index is 0.950. The number of rotatable bonds is 2. The number of nitrogens with one attached hydrogen (secondary N) is 1. The summed E-state index contributed by atoms with van der Waals surface area (Å²) in [5, 5.41) is 4.86. The highest BCUT2D eigenvalue weighted by molar-refractivity contribution is 9.10. The molecule has 0 bridgehead atoms. The summed E-state index contributed by atoms with van der Waals surface area (Å²) in [5.74, 6) is 0. The monoisotopic (exact) mass is 332 g/mol. The van der Waals surface area contributed by atoms with Gasteiger partial charge < -0.3 is 5.32 Å². The van der Waals surface area contributed by atoms with Gasteiger partial charge in [0.15, 0.2) is 0 Å². The van der Waals surface area contributed by atoms with Crippen LogP contribution in [0.5, 0.6) is 0 Å². The molecule has 3 heteroatoms. The van der Waals surface area contributed by atoms with Gasteiger partial charge in [0.1, 0.15) is 0 Å². The maximum atomic E-state index is 5.01. The SMILES string of the molecule is CCNc1c2c(nc3c(C)ccc(Br)c13)CCCCC2. The zero-order valence-electron chi connectivity index (χ0n) is 12.2. The first-order valence-corrected chi connectivity index (χ1v) is 8.36. The maximum Gasteiger partial charge on any atom is 0.0766 e. The molecule has 2 nitrogen and oxygen atoms in total. The predicted octanol–water partition coefficient (Wildman–Crippen LogP) is 5.01. The summed E-state index contributed by atoms with van der Waals surface area (Å²) in [6, 6.07) is 4.29. The van der Waals surface area contributed by atoms with Crippen molar-refractivity contribution in [3.8, 4) is 0 Å². The lowest BCUT2D eigenvalue weighted by Crippen LogP contribution is -2.07. The third-order valence-electron chi connectivity index (χ3n) is 4.17. The van der Waals surface area contributed by atoms with E-state index in [9.17, 15) is 0 Å². The number of benzene rings is 1. The topological polar surface area (TPSA) is 24.9 Å². The number of aryl methyl sites for hydroxylation is 2. The van der Waals surface area contributed by atoms with E-state index in [4.69, 9.17) is 4.98 Å². The smallest absolute Gasteiger partial charge is 0.0766 e. The first-order chi connectivity index (χ1) is 9.72. The molecular formula is C17H21BrN2. The van der Waals surface area contributed by atoms with E-state index < -0.39 is 0 Å². The molecule has 0 fully saturated rings. The Morgan fingerprint density at radius 1 is 1.20 bits per heavy atom. The molecule has 0 saturated carbocycles. The molecule has 0 spiro atoms. The minimum atomic E-state index is 0.950. The summed E-state index contributed by atoms with van der Waals surface area (Å²) in [5.41, 5.74) is 6.48. The van der Waals surface area contributed by atoms with Crippen LogP contribution >= 0.6 is 15.9 Å². The summed E-state index contributed by atoms with van der Waals surface area (Å²) in [4.78, 5) is 5.01. The Hall–Kier alpha value is -1.09. The molecule has 0 unspecified atom stereocenters. The van der Waals surface area contributed by atoms with Gasteiger partial charge in [0.25, 0.3) is 0 Å². The highest BCUT2D eigenvalue weighted by atomic mass is 79.9. The molecule has 0 amide bonds. The Balaban J connectivity index is 2.36. The van der Waals surface area contributed by atoms with Crippen molar-refractivity contribution in [3.63, 3.8) is 0 Å². The van der Waals surface area contributed by atoms with Crippen molar-refractivity contribution >= 4 is 32.5 Å². The van der Waals surface area contributed by atoms with Crippen molar-refractivity contribution in [1.29, 1.82) is 0 Å². The van der Waals surface area contributed by atoms with Crippen LogP contribution in [0.1, 0.15) is 43.0 Å². The van der Waals surface area contributed by atoms with E-state index in [-0.39, 0.29) is 0 Å². The standard InChI is InChI=1S/C17H21BrN2/c1-3-19-17-12-7-5-4-6-8-14(12)20-16-11(2)9-10-13(18)15(16)17/h9-10H,3-8H2,1-2H3,(H,19,20). The molecule has 0 atom stereocenters. The van der Waals surface area contributed by atoms with Gasteiger partial charge in [-0.05, 0) is 56.7 Å². The van der Waals surface area contributed by atoms with Crippen LogP contribution in [-0.2, 0) is 12.8 Å². The maximum absolute atomic E-state index is 5.01. The van der Waals surface area contributed by atoms with Crippen molar-refractivity contribution in [3.05, 3.63) is 33.4 Å². The van der Waals surface area contributed by atoms with Crippen LogP contribution in [0, 0.1) is 6.92 Å². The predicted molar refractivity (Wildman–Crippen MR) is 89.6 cm³/mol. The first kappa shape index (κ1) is 13.9. The second-order valence-electron chi connectivity index (χ2n) is 5.59. The number of halogens is 1. The number of fused-ring (bicyclic) bond motifs is 2. The second-order valence-corrected chi connectivity index (χ2v) is 6.45. The molecule has 106 valence electrons. The van der Waals surface area contributed by atoms with Crippen LogP contribution in [0.2, 0.25) is 0 Å². The highest BCUT2D eigenvalue weighted by Gasteiger charge is 2.19. The molecule has 1 aliphatic rings. The molecule has 1 aromatic heterocycles. The number of hydrogen-bond acceptors (Lipinski definition) is 2. The average Bonchev–Trinajstić information content (AvgIpc) is 2.68. The molecule has 1 heterocycles. The fourth-order valence-corrected chi connectivity index (χ4v) is 3.69. The van der Waals surface area contributed by atoms with Crippen LogP contribution in [0.3, 0.4) is 0 Å². The number of hydrogen-bond donors (Lipinski definition) is 1. The number of aromatic nitrogens is 1. The first-order valence-electron chi connectivity index (χ1n) is 7.56. The lowest BCUT2D eigenvalue weighted by atomic mass is 10.00. The molecule has 2 aromatic rings. The largest absolute Gasteiger partial charge is 0.384 e. The van der Waals surface area contributed by atoms with E-state index in [1.165, 1.54) is 47.2 Å². The Morgan fingerprint density at radius 2 is 2.00 bits per heavy atom. The second kappa shape index (κ2) is 5.72. The summed E-state index contributed by atoms with van der Waals surface area (Å²) in [6.45, 7) is 5.27. The molecular weight excluding hydrogens is 312 g/mol. The van der Waals surface area contributed by atoms with Crippen LogP contribution in [0.15, 0.2) is 16.6 Å². The van der Waals surface area contributed by atoms with E-state index in [2.05, 4.69) is 47.2 Å². The third-order valence-corrected chi connectivity index (χ3v) is 4.83. The lowest BCUT2D eigenvalue weighted by Gasteiger charge is -2.18. The van der Waals surface area contributed by atoms with Gasteiger partial charge in [-0.15, -0.1) is 0 Å². The fourth-order valence-electron chi connectivity index (χ4n) is 3.17. The summed E-state index contributed by atoms with van der Waals surface area (Å²) in [6.07, 6.45) is 6.14. The van der Waals surface area contributed by atoms with E-state index in [0.29, 0.717) is 0 Å². The molecule has 1 aliphatic carbocycles. The summed E-state index contributed by atoms with van der Waals surface area (Å²) < 4.78 is 1.15. The molecule has 20 heavy (non-hydrogen) atoms. The van der Waals surface area contributed by atoms with E-state index in [1.807, 2.05) is 0 Å². The summed E-state index contributed by atoms with van der Waals surface area (Å²) >= 11 is 3.72. The van der Waals surface area contributed by atoms with Gasteiger partial charge in [0.2, 0.25) is 0 Å². The van der Waals surface area contributed by atoms with Crippen molar-refractivity contribution in [2.45, 2.75) is 46.0 Å². The fraction of sp³-hybridized carbons (Fsp3) is 0.471. The molecule has 0 radical (unpaired) electrons. The Labute approximate surface area is 129 Å². The number of pyridine rings is 1. The average molecular weight is 333 g/mol. The van der Waals surface area contributed by atoms with Crippen molar-refractivity contribution < 1.29 is 0 Å². The third kappa shape index (κ3) is 2.32. The van der Waals surface area contributed by atoms with Crippen molar-refractivity contribution in [2.75, 3.05) is 11.9 Å². The van der Waals surface area contributed by atoms with Crippen LogP contribution in [0.4, 0.5) is 5.69 Å². The Morgan fingerprint density at radius 3 is 2.80 bits per heavy atom. The number of anilines is 1. The zero-order chi connectivity index (χ0) is 14.1. The Kier molecular flexibility index (Phi) is 3.97. The van der Waals surface area contributed by atoms with Gasteiger partial charge in [0, 0.05) is 27.8 Å². The van der Waals surface area contributed by atoms with Crippen molar-refractivity contribution in [2.24, 2.45) is 0 Å². The Bertz CT molecular complexity index is 649. The van der Waals surface area contributed by atoms with E-state index >= 15 is 0 Å². The lowest BCUT2D eigenvalue weighted by molar-refractivity contribution is 0.709. The molecule has 3 rings (SSSR count). The summed E-state index contributed by atoms with van der Waals surface area (Å²) in [7, 11) is 0. The normalized spacial score (nSPS) is 14.9. The van der Waals surface area contributed by atoms with Gasteiger partial charge >= 0.3 is 0 Å². The van der Waals surface area contributed by atoms with Gasteiger partial charge in [-0.3, -0.25) is 4.98 Å². The van der Waals surface area contributed by atoms with Crippen LogP contribution < -0.4 is 5.32 Å². The number of nitrogens with zero attached hydrogens (tertiary/aromatic N) is 1. The zero-order valence-corrected chi connectivity index (χ0v) is 13.8. The molecule has 1 aromatic carbocycles. The van der Waals surface area contributed by atoms with Gasteiger partial charge in [-0.1, -0.05) is 28.4 Å². The molecule has 0 saturated heterocycles. The van der Waals surface area contributed by atoms with Gasteiger partial charge in [0.05, 0.1) is 5.52 Å². The quantitative estimate of drug-likeness (QED) is 0.782. The van der Waals surface area contributed by atoms with Crippen LogP contribution in [-0.4, -0.2) is 11.5 Å². The van der Waals surface area contributed by atoms with Crippen molar-refractivity contribution in [1.82, 2.24) is 4.98 Å². The van der Waals surface area contributed by atoms with Crippen LogP contribution in [0.25, 0.3) is 10.9 Å². The van der Waals surface area contributed by atoms with E-state index in [1.54, 1.807) is 0 Å².